The molecule has 3 aromatic rings. The van der Waals surface area contributed by atoms with E-state index in [2.05, 4.69) is 20.2 Å². The molecule has 182 valence electrons. The maximum Gasteiger partial charge on any atom is 0.347 e. The highest BCUT2D eigenvalue weighted by Gasteiger charge is 2.57. The second-order valence-corrected chi connectivity index (χ2v) is 10.7. The van der Waals surface area contributed by atoms with Gasteiger partial charge in [-0.1, -0.05) is 40.6 Å². The standard InChI is InChI=1S/C23H20Cl2N4O5S/c1-9-16(24)17(25)19(26-9)21(30)28-18-11-6-29(7-12(11)18)23-27-13(20(35-23)22(31)32)4-10-2-3-14-15(5-10)34-8-33-14/h2-3,5,11-12,18,26H,4,6-8H2,1H3,(H,28,30)(H,31,32)/t11-,12+,18?. The normalized spacial score (nSPS) is 21.8. The van der Waals surface area contributed by atoms with Gasteiger partial charge in [0.2, 0.25) is 6.79 Å². The van der Waals surface area contributed by atoms with Gasteiger partial charge in [-0.2, -0.15) is 0 Å². The number of benzene rings is 1. The fourth-order valence-corrected chi connectivity index (χ4v) is 6.21. The summed E-state index contributed by atoms with van der Waals surface area (Å²) in [7, 11) is 0. The van der Waals surface area contributed by atoms with Gasteiger partial charge in [0.05, 0.1) is 15.7 Å². The van der Waals surface area contributed by atoms with Crippen molar-refractivity contribution in [3.63, 3.8) is 0 Å². The summed E-state index contributed by atoms with van der Waals surface area (Å²) in [6, 6.07) is 5.62. The average molecular weight is 535 g/mol. The summed E-state index contributed by atoms with van der Waals surface area (Å²) >= 11 is 13.4. The molecule has 1 aromatic carbocycles. The number of amides is 1. The van der Waals surface area contributed by atoms with E-state index in [9.17, 15) is 14.7 Å². The Morgan fingerprint density at radius 2 is 1.97 bits per heavy atom. The smallest absolute Gasteiger partial charge is 0.347 e. The highest BCUT2D eigenvalue weighted by atomic mass is 35.5. The number of nitrogens with one attached hydrogen (secondary N) is 2. The molecular formula is C23H20Cl2N4O5S. The van der Waals surface area contributed by atoms with Crippen molar-refractivity contribution in [3.05, 3.63) is 55.8 Å². The quantitative estimate of drug-likeness (QED) is 0.438. The van der Waals surface area contributed by atoms with Crippen LogP contribution in [0.3, 0.4) is 0 Å². The topological polar surface area (TPSA) is 117 Å². The van der Waals surface area contributed by atoms with Gasteiger partial charge in [0.25, 0.3) is 5.91 Å². The highest BCUT2D eigenvalue weighted by molar-refractivity contribution is 7.17. The second kappa shape index (κ2) is 8.32. The Kier molecular flexibility index (Phi) is 5.35. The van der Waals surface area contributed by atoms with Crippen molar-refractivity contribution in [1.29, 1.82) is 0 Å². The largest absolute Gasteiger partial charge is 0.477 e. The number of anilines is 1. The number of halogens is 2. The number of aryl methyl sites for hydroxylation is 1. The van der Waals surface area contributed by atoms with Gasteiger partial charge in [-0.15, -0.1) is 0 Å². The number of carboxylic acids is 1. The van der Waals surface area contributed by atoms with Crippen LogP contribution in [-0.2, 0) is 6.42 Å². The SMILES string of the molecule is Cc1[nH]c(C(=O)NC2[C@H]3CN(c4nc(Cc5ccc6c(c5)OCO6)c(C(=O)O)s4)C[C@@H]23)c(Cl)c1Cl. The lowest BCUT2D eigenvalue weighted by atomic mass is 10.1. The van der Waals surface area contributed by atoms with E-state index in [1.54, 1.807) is 6.92 Å². The zero-order valence-electron chi connectivity index (χ0n) is 18.4. The van der Waals surface area contributed by atoms with Crippen LogP contribution < -0.4 is 19.7 Å². The van der Waals surface area contributed by atoms with E-state index in [0.717, 1.165) is 5.56 Å². The van der Waals surface area contributed by atoms with Gasteiger partial charge in [-0.05, 0) is 24.6 Å². The van der Waals surface area contributed by atoms with Crippen LogP contribution in [0.4, 0.5) is 5.13 Å². The molecular weight excluding hydrogens is 515 g/mol. The highest BCUT2D eigenvalue weighted by Crippen LogP contribution is 2.48. The fourth-order valence-electron chi connectivity index (χ4n) is 4.85. The lowest BCUT2D eigenvalue weighted by Gasteiger charge is -2.19. The summed E-state index contributed by atoms with van der Waals surface area (Å²) in [5, 5.41) is 14.1. The van der Waals surface area contributed by atoms with Crippen molar-refractivity contribution in [2.45, 2.75) is 19.4 Å². The molecule has 9 nitrogen and oxygen atoms in total. The lowest BCUT2D eigenvalue weighted by Crippen LogP contribution is -2.34. The van der Waals surface area contributed by atoms with Crippen LogP contribution in [0, 0.1) is 18.8 Å². The van der Waals surface area contributed by atoms with Crippen molar-refractivity contribution in [3.8, 4) is 11.5 Å². The lowest BCUT2D eigenvalue weighted by molar-refractivity contribution is 0.0700. The van der Waals surface area contributed by atoms with E-state index in [1.807, 2.05) is 18.2 Å². The number of H-pyrrole nitrogens is 1. The molecule has 0 spiro atoms. The van der Waals surface area contributed by atoms with Crippen LogP contribution in [0.1, 0.15) is 37.1 Å². The molecule has 0 radical (unpaired) electrons. The summed E-state index contributed by atoms with van der Waals surface area (Å²) in [5.41, 5.74) is 2.35. The number of aromatic carboxylic acids is 1. The summed E-state index contributed by atoms with van der Waals surface area (Å²) in [5.74, 6) is 0.624. The van der Waals surface area contributed by atoms with E-state index in [0.29, 0.717) is 52.6 Å². The number of fused-ring (bicyclic) bond motifs is 2. The summed E-state index contributed by atoms with van der Waals surface area (Å²) in [6.45, 7) is 3.34. The maximum atomic E-state index is 12.6. The Morgan fingerprint density at radius 3 is 2.66 bits per heavy atom. The number of thiazole rings is 1. The number of piperidine rings is 1. The molecule has 2 aliphatic heterocycles. The maximum absolute atomic E-state index is 12.6. The number of carbonyl (C=O) groups is 2. The van der Waals surface area contributed by atoms with Gasteiger partial charge < -0.3 is 29.8 Å². The summed E-state index contributed by atoms with van der Waals surface area (Å²) < 4.78 is 10.8. The Morgan fingerprint density at radius 1 is 1.23 bits per heavy atom. The minimum Gasteiger partial charge on any atom is -0.477 e. The van der Waals surface area contributed by atoms with E-state index in [1.165, 1.54) is 11.3 Å². The number of aromatic amines is 1. The molecule has 1 saturated heterocycles. The molecule has 1 saturated carbocycles. The predicted molar refractivity (Wildman–Crippen MR) is 130 cm³/mol. The van der Waals surface area contributed by atoms with Crippen molar-refractivity contribution in [1.82, 2.24) is 15.3 Å². The van der Waals surface area contributed by atoms with Crippen molar-refractivity contribution >= 4 is 51.5 Å². The number of carbonyl (C=O) groups excluding carboxylic acids is 1. The molecule has 4 heterocycles. The van der Waals surface area contributed by atoms with Gasteiger partial charge in [-0.25, -0.2) is 9.78 Å². The van der Waals surface area contributed by atoms with Crippen molar-refractivity contribution in [2.24, 2.45) is 11.8 Å². The third kappa shape index (κ3) is 3.89. The Bertz CT molecular complexity index is 1360. The molecule has 1 unspecified atom stereocenters. The van der Waals surface area contributed by atoms with E-state index >= 15 is 0 Å². The molecule has 0 bridgehead atoms. The Labute approximate surface area is 214 Å². The minimum absolute atomic E-state index is 0.0456. The Hall–Kier alpha value is -2.95. The molecule has 6 rings (SSSR count). The minimum atomic E-state index is -0.990. The predicted octanol–water partition coefficient (Wildman–Crippen LogP) is 3.97. The number of ether oxygens (including phenoxy) is 2. The molecule has 35 heavy (non-hydrogen) atoms. The van der Waals surface area contributed by atoms with Crippen molar-refractivity contribution < 1.29 is 24.2 Å². The van der Waals surface area contributed by atoms with Crippen molar-refractivity contribution in [2.75, 3.05) is 24.8 Å². The molecule has 2 fully saturated rings. The second-order valence-electron chi connectivity index (χ2n) is 8.93. The summed E-state index contributed by atoms with van der Waals surface area (Å²) in [4.78, 5) is 34.5. The van der Waals surface area contributed by atoms with Crippen LogP contribution in [0.15, 0.2) is 18.2 Å². The van der Waals surface area contributed by atoms with E-state index in [-0.39, 0.29) is 46.2 Å². The first kappa shape index (κ1) is 22.5. The Balaban J connectivity index is 1.13. The number of carboxylic acid groups (broad SMARTS) is 1. The zero-order valence-corrected chi connectivity index (χ0v) is 20.8. The first-order chi connectivity index (χ1) is 16.8. The van der Waals surface area contributed by atoms with Crippen LogP contribution in [0.25, 0.3) is 0 Å². The molecule has 3 atom stereocenters. The first-order valence-electron chi connectivity index (χ1n) is 11.0. The number of hydrogen-bond acceptors (Lipinski definition) is 7. The number of hydrogen-bond donors (Lipinski definition) is 3. The van der Waals surface area contributed by atoms with Gasteiger partial charge >= 0.3 is 5.97 Å². The molecule has 2 aromatic heterocycles. The third-order valence-corrected chi connectivity index (χ3v) is 8.83. The van der Waals surface area contributed by atoms with Gasteiger partial charge in [0, 0.05) is 43.1 Å². The molecule has 3 aliphatic rings. The van der Waals surface area contributed by atoms with Crippen LogP contribution in [0.2, 0.25) is 10.0 Å². The monoisotopic (exact) mass is 534 g/mol. The average Bonchev–Trinajstić information content (AvgIpc) is 3.36. The summed E-state index contributed by atoms with van der Waals surface area (Å²) in [6.07, 6.45) is 0.382. The van der Waals surface area contributed by atoms with Gasteiger partial charge in [0.1, 0.15) is 10.6 Å². The number of nitrogens with zero attached hydrogens (tertiary/aromatic N) is 2. The molecule has 1 amide bonds. The van der Waals surface area contributed by atoms with Crippen LogP contribution in [-0.4, -0.2) is 52.9 Å². The zero-order chi connectivity index (χ0) is 24.4. The van der Waals surface area contributed by atoms with E-state index in [4.69, 9.17) is 32.7 Å². The third-order valence-electron chi connectivity index (χ3n) is 6.73. The van der Waals surface area contributed by atoms with E-state index < -0.39 is 5.97 Å². The van der Waals surface area contributed by atoms with Crippen LogP contribution >= 0.6 is 34.5 Å². The number of aromatic nitrogens is 2. The molecule has 3 N–H and O–H groups in total. The van der Waals surface area contributed by atoms with Crippen LogP contribution in [0.5, 0.6) is 11.5 Å². The van der Waals surface area contributed by atoms with Gasteiger partial charge in [-0.3, -0.25) is 4.79 Å². The van der Waals surface area contributed by atoms with Gasteiger partial charge in [0.15, 0.2) is 16.6 Å². The molecule has 1 aliphatic carbocycles. The number of rotatable bonds is 6. The molecule has 12 heteroatoms. The fraction of sp³-hybridized carbons (Fsp3) is 0.348. The first-order valence-corrected chi connectivity index (χ1v) is 12.6.